The van der Waals surface area contributed by atoms with Crippen molar-refractivity contribution in [1.29, 1.82) is 0 Å². The van der Waals surface area contributed by atoms with Crippen LogP contribution in [-0.4, -0.2) is 19.5 Å². The third-order valence-electron chi connectivity index (χ3n) is 10.2. The van der Waals surface area contributed by atoms with Crippen LogP contribution in [0, 0.1) is 25.0 Å². The molecule has 5 nitrogen and oxygen atoms in total. The fraction of sp³-hybridized carbons (Fsp3) is 0.279. The molecule has 49 heavy (non-hydrogen) atoms. The number of fused-ring (bicyclic) bond motifs is 3. The first kappa shape index (κ1) is 33.1. The van der Waals surface area contributed by atoms with E-state index < -0.39 is 0 Å². The number of hydrogen-bond acceptors (Lipinski definition) is 4. The standard InChI is InChI=1S/C22H19N2O.C21H21N2.Ir/c1-14-9-10-18-17-7-4-8-19(21(17)25-22(18)24-14)20-13-16(11-12-23-20)15-5-2-3-6-15;1-14(2)17-13-16-11-8-12-18-19(16)23(21(17,3)4)20(22-18)15-9-6-5-7-10-15;/h4,7,9-13,15H,2-3,5-6H2,1H3;5-9,11-14H,1-4H3;/q2*-1;. The Labute approximate surface area is 301 Å². The number of hydrogen-bond donors (Lipinski definition) is 0. The second-order valence-electron chi connectivity index (χ2n) is 14.0. The average Bonchev–Trinajstić information content (AvgIpc) is 3.85. The summed E-state index contributed by atoms with van der Waals surface area (Å²) in [5, 5.41) is 2.12. The van der Waals surface area contributed by atoms with Crippen LogP contribution in [0.25, 0.3) is 61.8 Å². The first-order valence-electron chi connectivity index (χ1n) is 17.2. The van der Waals surface area contributed by atoms with Gasteiger partial charge in [0.15, 0.2) is 0 Å². The van der Waals surface area contributed by atoms with E-state index >= 15 is 0 Å². The molecule has 0 unspecified atom stereocenters. The van der Waals surface area contributed by atoms with E-state index in [4.69, 9.17) is 9.40 Å². The number of imidazole rings is 1. The SMILES string of the molecule is CC(C)C1=Cc2cccc3nc(-c4[c-]cccc4)n(c23)C1(C)C.Cc1ccc2c(n1)oc1c(-c3cc(C4CCCC4)ccn3)[c-]ccc12.[Ir]. The van der Waals surface area contributed by atoms with Gasteiger partial charge in [0.1, 0.15) is 0 Å². The predicted molar refractivity (Wildman–Crippen MR) is 196 cm³/mol. The Balaban J connectivity index is 0.000000152. The van der Waals surface area contributed by atoms with Crippen LogP contribution in [0.4, 0.5) is 0 Å². The minimum absolute atomic E-state index is 0. The summed E-state index contributed by atoms with van der Waals surface area (Å²) in [5.74, 6) is 2.16. The van der Waals surface area contributed by atoms with Crippen molar-refractivity contribution in [3.05, 3.63) is 120 Å². The van der Waals surface area contributed by atoms with E-state index in [0.29, 0.717) is 17.5 Å². The summed E-state index contributed by atoms with van der Waals surface area (Å²) in [7, 11) is 0. The van der Waals surface area contributed by atoms with Crippen LogP contribution in [0.15, 0.2) is 95.0 Å². The zero-order valence-corrected chi connectivity index (χ0v) is 31.1. The zero-order valence-electron chi connectivity index (χ0n) is 28.7. The monoisotopic (exact) mass is 821 g/mol. The molecule has 9 rings (SSSR count). The maximum atomic E-state index is 6.10. The molecule has 1 saturated carbocycles. The van der Waals surface area contributed by atoms with E-state index in [-0.39, 0.29) is 25.6 Å². The van der Waals surface area contributed by atoms with Gasteiger partial charge in [-0.15, -0.1) is 54.1 Å². The van der Waals surface area contributed by atoms with Crippen LogP contribution in [0.5, 0.6) is 0 Å². The van der Waals surface area contributed by atoms with E-state index in [1.165, 1.54) is 47.9 Å². The molecule has 1 aliphatic carbocycles. The van der Waals surface area contributed by atoms with Crippen LogP contribution >= 0.6 is 0 Å². The van der Waals surface area contributed by atoms with Crippen LogP contribution in [0.3, 0.4) is 0 Å². The number of nitrogens with zero attached hydrogens (tertiary/aromatic N) is 4. The van der Waals surface area contributed by atoms with Crippen molar-refractivity contribution in [2.45, 2.75) is 71.8 Å². The number of aryl methyl sites for hydroxylation is 1. The molecule has 4 aromatic heterocycles. The van der Waals surface area contributed by atoms with E-state index in [1.807, 2.05) is 49.5 Å². The first-order chi connectivity index (χ1) is 23.3. The molecule has 5 heterocycles. The number of pyridine rings is 2. The quantitative estimate of drug-likeness (QED) is 0.166. The van der Waals surface area contributed by atoms with E-state index in [9.17, 15) is 0 Å². The van der Waals surface area contributed by atoms with E-state index in [2.05, 4.69) is 103 Å². The average molecular weight is 821 g/mol. The topological polar surface area (TPSA) is 56.7 Å². The molecule has 0 spiro atoms. The van der Waals surface area contributed by atoms with Gasteiger partial charge in [0.05, 0.1) is 28.0 Å². The molecule has 2 aliphatic rings. The first-order valence-corrected chi connectivity index (χ1v) is 17.2. The van der Waals surface area contributed by atoms with Crippen molar-refractivity contribution < 1.29 is 24.5 Å². The summed E-state index contributed by atoms with van der Waals surface area (Å²) in [6.07, 6.45) is 9.50. The van der Waals surface area contributed by atoms with Gasteiger partial charge in [-0.05, 0) is 86.5 Å². The predicted octanol–water partition coefficient (Wildman–Crippen LogP) is 11.1. The van der Waals surface area contributed by atoms with Crippen LogP contribution in [0.2, 0.25) is 0 Å². The van der Waals surface area contributed by atoms with Gasteiger partial charge in [0.25, 0.3) is 0 Å². The normalized spacial score (nSPS) is 15.3. The Morgan fingerprint density at radius 1 is 0.898 bits per heavy atom. The summed E-state index contributed by atoms with van der Waals surface area (Å²) in [6, 6.07) is 33.6. The number of benzene rings is 3. The van der Waals surface area contributed by atoms with Crippen molar-refractivity contribution in [2.24, 2.45) is 5.92 Å². The van der Waals surface area contributed by atoms with Crippen LogP contribution in [-0.2, 0) is 25.6 Å². The van der Waals surface area contributed by atoms with E-state index in [0.717, 1.165) is 50.2 Å². The molecule has 1 aliphatic heterocycles. The molecule has 0 amide bonds. The largest absolute Gasteiger partial charge is 0.486 e. The summed E-state index contributed by atoms with van der Waals surface area (Å²) in [4.78, 5) is 14.1. The number of rotatable bonds is 4. The molecule has 3 aromatic carbocycles. The van der Waals surface area contributed by atoms with Gasteiger partial charge in [-0.2, -0.15) is 0 Å². The minimum atomic E-state index is -0.101. The number of para-hydroxylation sites is 1. The second kappa shape index (κ2) is 13.2. The van der Waals surface area contributed by atoms with Crippen molar-refractivity contribution >= 4 is 39.2 Å². The third-order valence-corrected chi connectivity index (χ3v) is 10.2. The molecule has 6 heteroatoms. The summed E-state index contributed by atoms with van der Waals surface area (Å²) in [5.41, 5.74) is 11.7. The molecule has 249 valence electrons. The Morgan fingerprint density at radius 3 is 2.51 bits per heavy atom. The maximum absolute atomic E-state index is 6.10. The fourth-order valence-corrected chi connectivity index (χ4v) is 7.87. The molecule has 0 atom stereocenters. The number of furan rings is 1. The second-order valence-corrected chi connectivity index (χ2v) is 14.0. The van der Waals surface area contributed by atoms with Gasteiger partial charge in [0.2, 0.25) is 5.71 Å². The molecule has 0 bridgehead atoms. The van der Waals surface area contributed by atoms with Gasteiger partial charge < -0.3 is 14.0 Å². The van der Waals surface area contributed by atoms with E-state index in [1.54, 1.807) is 0 Å². The fourth-order valence-electron chi connectivity index (χ4n) is 7.87. The molecule has 7 aromatic rings. The summed E-state index contributed by atoms with van der Waals surface area (Å²) >= 11 is 0. The maximum Gasteiger partial charge on any atom is 0.216 e. The van der Waals surface area contributed by atoms with Gasteiger partial charge in [0, 0.05) is 37.4 Å². The molecular formula is C43H40IrN4O-2. The molecule has 1 fully saturated rings. The summed E-state index contributed by atoms with van der Waals surface area (Å²) < 4.78 is 8.50. The van der Waals surface area contributed by atoms with Crippen LogP contribution < -0.4 is 0 Å². The molecule has 1 radical (unpaired) electrons. The number of aromatic nitrogens is 4. The van der Waals surface area contributed by atoms with Crippen molar-refractivity contribution in [3.8, 4) is 22.6 Å². The Hall–Kier alpha value is -4.38. The Morgan fingerprint density at radius 2 is 1.73 bits per heavy atom. The Bertz CT molecular complexity index is 2320. The zero-order chi connectivity index (χ0) is 33.0. The molecule has 0 saturated heterocycles. The minimum Gasteiger partial charge on any atom is -0.486 e. The van der Waals surface area contributed by atoms with Crippen molar-refractivity contribution in [2.75, 3.05) is 0 Å². The van der Waals surface area contributed by atoms with Crippen molar-refractivity contribution in [3.63, 3.8) is 0 Å². The van der Waals surface area contributed by atoms with Gasteiger partial charge >= 0.3 is 0 Å². The Kier molecular flexibility index (Phi) is 8.89. The number of allylic oxidation sites excluding steroid dienone is 1. The van der Waals surface area contributed by atoms with Gasteiger partial charge in [-0.3, -0.25) is 4.98 Å². The van der Waals surface area contributed by atoms with Gasteiger partial charge in [-0.25, -0.2) is 4.98 Å². The third kappa shape index (κ3) is 5.85. The van der Waals surface area contributed by atoms with Crippen LogP contribution in [0.1, 0.15) is 76.1 Å². The molecule has 0 N–H and O–H groups in total. The smallest absolute Gasteiger partial charge is 0.216 e. The van der Waals surface area contributed by atoms with Crippen molar-refractivity contribution in [1.82, 2.24) is 19.5 Å². The molecular weight excluding hydrogens is 781 g/mol. The van der Waals surface area contributed by atoms with Gasteiger partial charge in [-0.1, -0.05) is 67.5 Å². The summed E-state index contributed by atoms with van der Waals surface area (Å²) in [6.45, 7) is 11.1.